The number of nitrogens with one attached hydrogen (secondary N) is 1. The number of hydrogen-bond donors (Lipinski definition) is 1. The van der Waals surface area contributed by atoms with E-state index >= 15 is 0 Å². The summed E-state index contributed by atoms with van der Waals surface area (Å²) < 4.78 is 0. The van der Waals surface area contributed by atoms with Crippen molar-refractivity contribution in [1.29, 1.82) is 0 Å². The van der Waals surface area contributed by atoms with Gasteiger partial charge in [0.15, 0.2) is 0 Å². The Morgan fingerprint density at radius 1 is 1.14 bits per heavy atom. The van der Waals surface area contributed by atoms with Crippen LogP contribution in [0.15, 0.2) is 42.5 Å². The number of halogens is 1. The Kier molecular flexibility index (Phi) is 4.89. The summed E-state index contributed by atoms with van der Waals surface area (Å²) in [6.45, 7) is 6.93. The van der Waals surface area contributed by atoms with Crippen LogP contribution in [0.4, 0.5) is 0 Å². The Hall–Kier alpha value is -1.54. The van der Waals surface area contributed by atoms with Gasteiger partial charge in [0.05, 0.1) is 5.38 Å². The molecule has 2 rings (SSSR count). The van der Waals surface area contributed by atoms with E-state index in [4.69, 9.17) is 11.6 Å². The molecule has 0 aliphatic carbocycles. The van der Waals surface area contributed by atoms with Crippen LogP contribution in [-0.4, -0.2) is 17.8 Å². The minimum absolute atomic E-state index is 0.0468. The number of amides is 1. The van der Waals surface area contributed by atoms with Crippen molar-refractivity contribution in [2.24, 2.45) is 5.41 Å². The Morgan fingerprint density at radius 2 is 1.81 bits per heavy atom. The first-order valence-corrected chi connectivity index (χ1v) is 7.70. The van der Waals surface area contributed by atoms with E-state index in [0.717, 1.165) is 17.2 Å². The SMILES string of the molecule is CC(C)(C)CC(Cl)CNC(=O)c1ccc2ccccc2c1. The molecule has 0 aromatic heterocycles. The van der Waals surface area contributed by atoms with Crippen molar-refractivity contribution < 1.29 is 4.79 Å². The molecule has 1 amide bonds. The number of fused-ring (bicyclic) bond motifs is 1. The third-order valence-corrected chi connectivity index (χ3v) is 3.64. The largest absolute Gasteiger partial charge is 0.351 e. The predicted octanol–water partition coefficient (Wildman–Crippen LogP) is 4.61. The predicted molar refractivity (Wildman–Crippen MR) is 90.0 cm³/mol. The summed E-state index contributed by atoms with van der Waals surface area (Å²) >= 11 is 6.28. The van der Waals surface area contributed by atoms with Crippen LogP contribution in [-0.2, 0) is 0 Å². The highest BCUT2D eigenvalue weighted by molar-refractivity contribution is 6.21. The van der Waals surface area contributed by atoms with Crippen molar-refractivity contribution in [3.05, 3.63) is 48.0 Å². The lowest BCUT2D eigenvalue weighted by Gasteiger charge is -2.22. The Morgan fingerprint density at radius 3 is 2.48 bits per heavy atom. The highest BCUT2D eigenvalue weighted by Gasteiger charge is 2.17. The molecule has 0 saturated heterocycles. The maximum absolute atomic E-state index is 12.2. The second kappa shape index (κ2) is 6.48. The van der Waals surface area contributed by atoms with Gasteiger partial charge in [-0.1, -0.05) is 51.1 Å². The smallest absolute Gasteiger partial charge is 0.251 e. The average molecular weight is 304 g/mol. The maximum Gasteiger partial charge on any atom is 0.251 e. The molecule has 0 fully saturated rings. The lowest BCUT2D eigenvalue weighted by molar-refractivity contribution is 0.0952. The fraction of sp³-hybridized carbons (Fsp3) is 0.389. The highest BCUT2D eigenvalue weighted by Crippen LogP contribution is 2.23. The van der Waals surface area contributed by atoms with Crippen LogP contribution in [0.3, 0.4) is 0 Å². The van der Waals surface area contributed by atoms with Crippen molar-refractivity contribution in [1.82, 2.24) is 5.32 Å². The summed E-state index contributed by atoms with van der Waals surface area (Å²) in [5.74, 6) is -0.0692. The van der Waals surface area contributed by atoms with Gasteiger partial charge in [-0.2, -0.15) is 0 Å². The first-order chi connectivity index (χ1) is 9.85. The molecule has 0 heterocycles. The summed E-state index contributed by atoms with van der Waals surface area (Å²) in [7, 11) is 0. The topological polar surface area (TPSA) is 29.1 Å². The number of carbonyl (C=O) groups is 1. The molecule has 2 nitrogen and oxygen atoms in total. The van der Waals surface area contributed by atoms with Gasteiger partial charge in [0.1, 0.15) is 0 Å². The van der Waals surface area contributed by atoms with Gasteiger partial charge in [-0.05, 0) is 34.7 Å². The van der Waals surface area contributed by atoms with Gasteiger partial charge >= 0.3 is 0 Å². The Bertz CT molecular complexity index is 630. The molecule has 0 spiro atoms. The van der Waals surface area contributed by atoms with Gasteiger partial charge in [0.25, 0.3) is 5.91 Å². The average Bonchev–Trinajstić information content (AvgIpc) is 2.42. The summed E-state index contributed by atoms with van der Waals surface area (Å²) in [6, 6.07) is 13.7. The third-order valence-electron chi connectivity index (χ3n) is 3.33. The number of benzene rings is 2. The van der Waals surface area contributed by atoms with Crippen LogP contribution in [0.5, 0.6) is 0 Å². The quantitative estimate of drug-likeness (QED) is 0.821. The number of rotatable bonds is 4. The van der Waals surface area contributed by atoms with E-state index in [1.165, 1.54) is 0 Å². The number of carbonyl (C=O) groups excluding carboxylic acids is 1. The van der Waals surface area contributed by atoms with Crippen LogP contribution < -0.4 is 5.32 Å². The van der Waals surface area contributed by atoms with Crippen molar-refractivity contribution in [3.63, 3.8) is 0 Å². The normalized spacial score (nSPS) is 13.1. The third kappa shape index (κ3) is 4.75. The molecule has 0 bridgehead atoms. The lowest BCUT2D eigenvalue weighted by Crippen LogP contribution is -2.31. The first kappa shape index (κ1) is 15.8. The molecular weight excluding hydrogens is 282 g/mol. The fourth-order valence-electron chi connectivity index (χ4n) is 2.37. The van der Waals surface area contributed by atoms with Crippen LogP contribution >= 0.6 is 11.6 Å². The molecule has 1 atom stereocenters. The van der Waals surface area contributed by atoms with E-state index in [2.05, 4.69) is 26.1 Å². The van der Waals surface area contributed by atoms with Crippen molar-refractivity contribution in [2.75, 3.05) is 6.54 Å². The molecule has 1 unspecified atom stereocenters. The van der Waals surface area contributed by atoms with Crippen LogP contribution in [0.2, 0.25) is 0 Å². The van der Waals surface area contributed by atoms with E-state index in [0.29, 0.717) is 12.1 Å². The van der Waals surface area contributed by atoms with Crippen LogP contribution in [0.25, 0.3) is 10.8 Å². The zero-order valence-corrected chi connectivity index (χ0v) is 13.6. The van der Waals surface area contributed by atoms with Gasteiger partial charge in [-0.3, -0.25) is 4.79 Å². The first-order valence-electron chi connectivity index (χ1n) is 7.26. The summed E-state index contributed by atoms with van der Waals surface area (Å²) in [5.41, 5.74) is 0.841. The van der Waals surface area contributed by atoms with Gasteiger partial charge < -0.3 is 5.32 Å². The van der Waals surface area contributed by atoms with Crippen LogP contribution in [0, 0.1) is 5.41 Å². The fourth-order valence-corrected chi connectivity index (χ4v) is 2.91. The van der Waals surface area contributed by atoms with E-state index in [1.54, 1.807) is 0 Å². The Labute approximate surface area is 131 Å². The van der Waals surface area contributed by atoms with Crippen molar-refractivity contribution in [2.45, 2.75) is 32.6 Å². The van der Waals surface area contributed by atoms with Gasteiger partial charge in [0, 0.05) is 12.1 Å². The van der Waals surface area contributed by atoms with E-state index in [1.807, 2.05) is 42.5 Å². The monoisotopic (exact) mass is 303 g/mol. The van der Waals surface area contributed by atoms with Crippen LogP contribution in [0.1, 0.15) is 37.6 Å². The van der Waals surface area contributed by atoms with Crippen molar-refractivity contribution >= 4 is 28.3 Å². The summed E-state index contributed by atoms with van der Waals surface area (Å²) in [4.78, 5) is 12.2. The molecule has 0 radical (unpaired) electrons. The highest BCUT2D eigenvalue weighted by atomic mass is 35.5. The molecule has 0 aliphatic rings. The second-order valence-corrected chi connectivity index (χ2v) is 7.25. The minimum atomic E-state index is -0.0692. The lowest BCUT2D eigenvalue weighted by atomic mass is 9.90. The van der Waals surface area contributed by atoms with Gasteiger partial charge in [0.2, 0.25) is 0 Å². The molecule has 2 aromatic rings. The van der Waals surface area contributed by atoms with Gasteiger partial charge in [-0.25, -0.2) is 0 Å². The number of alkyl halides is 1. The number of hydrogen-bond acceptors (Lipinski definition) is 1. The zero-order valence-electron chi connectivity index (χ0n) is 12.8. The van der Waals surface area contributed by atoms with E-state index in [9.17, 15) is 4.79 Å². The standard InChI is InChI=1S/C18H22ClNO/c1-18(2,3)11-16(19)12-20-17(21)15-9-8-13-6-4-5-7-14(13)10-15/h4-10,16H,11-12H2,1-3H3,(H,20,21). The molecule has 21 heavy (non-hydrogen) atoms. The summed E-state index contributed by atoms with van der Waals surface area (Å²) in [5, 5.41) is 5.08. The van der Waals surface area contributed by atoms with E-state index in [-0.39, 0.29) is 16.7 Å². The molecule has 0 saturated carbocycles. The maximum atomic E-state index is 12.2. The molecule has 0 aliphatic heterocycles. The molecule has 112 valence electrons. The zero-order chi connectivity index (χ0) is 15.5. The van der Waals surface area contributed by atoms with E-state index < -0.39 is 0 Å². The van der Waals surface area contributed by atoms with Gasteiger partial charge in [-0.15, -0.1) is 11.6 Å². The van der Waals surface area contributed by atoms with Crippen molar-refractivity contribution in [3.8, 4) is 0 Å². The Balaban J connectivity index is 1.99. The molecule has 3 heteroatoms. The second-order valence-electron chi connectivity index (χ2n) is 6.63. The molecule has 2 aromatic carbocycles. The molecule has 1 N–H and O–H groups in total. The summed E-state index contributed by atoms with van der Waals surface area (Å²) in [6.07, 6.45) is 0.868. The minimum Gasteiger partial charge on any atom is -0.351 e. The molecular formula is C18H22ClNO.